The first kappa shape index (κ1) is 21.5. The van der Waals surface area contributed by atoms with Gasteiger partial charge in [0, 0.05) is 29.3 Å². The molecule has 4 aromatic rings. The molecule has 3 heterocycles. The molecular weight excluding hydrogens is 453 g/mol. The van der Waals surface area contributed by atoms with Gasteiger partial charge in [-0.15, -0.1) is 0 Å². The van der Waals surface area contributed by atoms with Crippen molar-refractivity contribution in [3.05, 3.63) is 48.3 Å². The van der Waals surface area contributed by atoms with Crippen molar-refractivity contribution in [2.45, 2.75) is 50.2 Å². The molecule has 5 N–H and O–H groups in total. The Labute approximate surface area is 199 Å². The van der Waals surface area contributed by atoms with Crippen molar-refractivity contribution in [1.29, 1.82) is 0 Å². The average Bonchev–Trinajstić information content (AvgIpc) is 3.21. The van der Waals surface area contributed by atoms with Crippen molar-refractivity contribution in [3.8, 4) is 11.1 Å². The summed E-state index contributed by atoms with van der Waals surface area (Å²) < 4.78 is 22.2. The monoisotopic (exact) mass is 477 g/mol. The molecule has 11 heteroatoms. The van der Waals surface area contributed by atoms with Gasteiger partial charge in [-0.3, -0.25) is 5.32 Å². The number of anilines is 3. The molecule has 0 bridgehead atoms. The summed E-state index contributed by atoms with van der Waals surface area (Å²) >= 11 is 0. The van der Waals surface area contributed by atoms with Gasteiger partial charge in [0.25, 0.3) is 0 Å². The number of urea groups is 1. The zero-order valence-corrected chi connectivity index (χ0v) is 19.0. The maximum atomic E-state index is 15.0. The third-order valence-corrected chi connectivity index (χ3v) is 7.01. The Kier molecular flexibility index (Phi) is 4.78. The first-order valence-corrected chi connectivity index (χ1v) is 11.4. The van der Waals surface area contributed by atoms with E-state index in [2.05, 4.69) is 32.7 Å². The molecule has 0 spiro atoms. The number of benzene rings is 1. The first-order valence-electron chi connectivity index (χ1n) is 11.4. The van der Waals surface area contributed by atoms with Crippen LogP contribution in [0.5, 0.6) is 0 Å². The van der Waals surface area contributed by atoms with Crippen LogP contribution in [0.25, 0.3) is 22.2 Å². The highest BCUT2D eigenvalue weighted by Crippen LogP contribution is 2.47. The minimum atomic E-state index is -0.641. The van der Waals surface area contributed by atoms with Crippen molar-refractivity contribution in [1.82, 2.24) is 19.7 Å². The van der Waals surface area contributed by atoms with E-state index in [-0.39, 0.29) is 35.0 Å². The second-order valence-corrected chi connectivity index (χ2v) is 9.60. The molecule has 0 aliphatic heterocycles. The lowest BCUT2D eigenvalue weighted by Gasteiger charge is -2.32. The number of hydrogen-bond donors (Lipinski definition) is 4. The molecule has 0 unspecified atom stereocenters. The van der Waals surface area contributed by atoms with Crippen LogP contribution in [0.3, 0.4) is 0 Å². The molecule has 0 saturated heterocycles. The highest BCUT2D eigenvalue weighted by Gasteiger charge is 2.42. The van der Waals surface area contributed by atoms with Crippen LogP contribution in [-0.2, 0) is 5.41 Å². The number of nitrogens with one attached hydrogen (secondary N) is 2. The average molecular weight is 478 g/mol. The smallest absolute Gasteiger partial charge is 0.326 e. The van der Waals surface area contributed by atoms with Crippen molar-refractivity contribution < 1.29 is 18.8 Å². The molecule has 35 heavy (non-hydrogen) atoms. The van der Waals surface area contributed by atoms with Crippen LogP contribution >= 0.6 is 0 Å². The Bertz CT molecular complexity index is 1450. The van der Waals surface area contributed by atoms with Gasteiger partial charge in [0.15, 0.2) is 0 Å². The Morgan fingerprint density at radius 2 is 2.06 bits per heavy atom. The minimum Gasteiger partial charge on any atom is -0.393 e. The maximum Gasteiger partial charge on any atom is 0.326 e. The van der Waals surface area contributed by atoms with E-state index in [4.69, 9.17) is 10.3 Å². The Hall–Kier alpha value is -3.99. The van der Waals surface area contributed by atoms with Gasteiger partial charge in [-0.25, -0.2) is 19.2 Å². The number of halogens is 1. The fraction of sp³-hybridized carbons (Fsp3) is 0.333. The SMILES string of the molecule is CC1(c2cc(NC(=O)Nc3ccc(-c4cn(C5CC(O)C5)c5ncnc(N)c45)cc3F)on2)CC1. The predicted molar refractivity (Wildman–Crippen MR) is 127 cm³/mol. The van der Waals surface area contributed by atoms with Gasteiger partial charge in [0.1, 0.15) is 23.6 Å². The van der Waals surface area contributed by atoms with E-state index in [0.29, 0.717) is 35.0 Å². The van der Waals surface area contributed by atoms with E-state index in [9.17, 15) is 9.90 Å². The van der Waals surface area contributed by atoms with Crippen LogP contribution in [-0.4, -0.2) is 36.9 Å². The molecule has 1 aromatic carbocycles. The third-order valence-electron chi connectivity index (χ3n) is 7.01. The number of nitrogens with zero attached hydrogens (tertiary/aromatic N) is 4. The number of aromatic nitrogens is 4. The highest BCUT2D eigenvalue weighted by atomic mass is 19.1. The summed E-state index contributed by atoms with van der Waals surface area (Å²) in [6.07, 6.45) is 6.21. The van der Waals surface area contributed by atoms with Crippen molar-refractivity contribution in [2.24, 2.45) is 0 Å². The van der Waals surface area contributed by atoms with Crippen LogP contribution in [0, 0.1) is 5.82 Å². The number of carbonyl (C=O) groups excluding carboxylic acids is 1. The van der Waals surface area contributed by atoms with E-state index in [0.717, 1.165) is 18.5 Å². The Morgan fingerprint density at radius 1 is 1.26 bits per heavy atom. The number of aliphatic hydroxyl groups is 1. The number of aliphatic hydroxyl groups excluding tert-OH is 1. The summed E-state index contributed by atoms with van der Waals surface area (Å²) in [4.78, 5) is 20.9. The van der Waals surface area contributed by atoms with Gasteiger partial charge in [0.05, 0.1) is 22.9 Å². The summed E-state index contributed by atoms with van der Waals surface area (Å²) in [6.45, 7) is 2.08. The Morgan fingerprint density at radius 3 is 2.77 bits per heavy atom. The standard InChI is InChI=1S/C24H24FN7O3/c1-24(4-5-24)18-9-19(35-31-18)30-23(34)29-17-3-2-12(6-16(17)25)15-10-32(13-7-14(33)8-13)22-20(15)21(26)27-11-28-22/h2-3,6,9-11,13-14,33H,4-5,7-8H2,1H3,(H2,26,27,28)(H2,29,30,34). The summed E-state index contributed by atoms with van der Waals surface area (Å²) in [5.41, 5.74) is 8.84. The molecule has 2 aliphatic carbocycles. The molecule has 10 nitrogen and oxygen atoms in total. The van der Waals surface area contributed by atoms with Crippen molar-refractivity contribution >= 4 is 34.5 Å². The van der Waals surface area contributed by atoms with Crippen LogP contribution < -0.4 is 16.4 Å². The van der Waals surface area contributed by atoms with Crippen LogP contribution in [0.4, 0.5) is 26.6 Å². The molecular formula is C24H24FN7O3. The van der Waals surface area contributed by atoms with Gasteiger partial charge >= 0.3 is 6.03 Å². The zero-order valence-electron chi connectivity index (χ0n) is 19.0. The lowest BCUT2D eigenvalue weighted by molar-refractivity contribution is 0.0501. The summed E-state index contributed by atoms with van der Waals surface area (Å²) in [6, 6.07) is 5.65. The summed E-state index contributed by atoms with van der Waals surface area (Å²) in [5.74, 6) is -0.124. The topological polar surface area (TPSA) is 144 Å². The first-order chi connectivity index (χ1) is 16.8. The van der Waals surface area contributed by atoms with E-state index in [1.165, 1.54) is 18.5 Å². The fourth-order valence-corrected chi connectivity index (χ4v) is 4.50. The van der Waals surface area contributed by atoms with Crippen LogP contribution in [0.2, 0.25) is 0 Å². The van der Waals surface area contributed by atoms with Gasteiger partial charge in [0.2, 0.25) is 5.88 Å². The number of nitrogen functional groups attached to an aromatic ring is 1. The Balaban J connectivity index is 1.24. The minimum absolute atomic E-state index is 0.00946. The van der Waals surface area contributed by atoms with Crippen molar-refractivity contribution in [2.75, 3.05) is 16.4 Å². The second-order valence-electron chi connectivity index (χ2n) is 9.60. The molecule has 2 fully saturated rings. The summed E-state index contributed by atoms with van der Waals surface area (Å²) in [7, 11) is 0. The molecule has 6 rings (SSSR count). The number of amides is 2. The van der Waals surface area contributed by atoms with E-state index >= 15 is 4.39 Å². The van der Waals surface area contributed by atoms with E-state index < -0.39 is 11.8 Å². The zero-order chi connectivity index (χ0) is 24.3. The number of carbonyl (C=O) groups is 1. The van der Waals surface area contributed by atoms with Gasteiger partial charge in [-0.1, -0.05) is 18.1 Å². The number of hydrogen-bond acceptors (Lipinski definition) is 7. The van der Waals surface area contributed by atoms with Crippen LogP contribution in [0.15, 0.2) is 41.3 Å². The lowest BCUT2D eigenvalue weighted by atomic mass is 9.89. The third kappa shape index (κ3) is 3.77. The lowest BCUT2D eigenvalue weighted by Crippen LogP contribution is -2.30. The second kappa shape index (κ2) is 7.77. The molecule has 3 aromatic heterocycles. The van der Waals surface area contributed by atoms with E-state index in [1.54, 1.807) is 12.1 Å². The van der Waals surface area contributed by atoms with Gasteiger partial charge in [-0.2, -0.15) is 0 Å². The molecule has 2 aliphatic rings. The molecule has 0 atom stereocenters. The molecule has 2 amide bonds. The van der Waals surface area contributed by atoms with Crippen molar-refractivity contribution in [3.63, 3.8) is 0 Å². The number of nitrogens with two attached hydrogens (primary N) is 1. The van der Waals surface area contributed by atoms with Gasteiger partial charge < -0.3 is 25.2 Å². The van der Waals surface area contributed by atoms with Crippen LogP contribution in [0.1, 0.15) is 44.3 Å². The maximum absolute atomic E-state index is 15.0. The largest absolute Gasteiger partial charge is 0.393 e. The number of rotatable bonds is 5. The normalized spacial score (nSPS) is 20.4. The summed E-state index contributed by atoms with van der Waals surface area (Å²) in [5, 5.41) is 19.4. The fourth-order valence-electron chi connectivity index (χ4n) is 4.50. The van der Waals surface area contributed by atoms with E-state index in [1.807, 2.05) is 10.8 Å². The quantitative estimate of drug-likeness (QED) is 0.337. The molecule has 2 saturated carbocycles. The van der Waals surface area contributed by atoms with Gasteiger partial charge in [-0.05, 0) is 43.4 Å². The highest BCUT2D eigenvalue weighted by molar-refractivity contribution is 6.02. The number of fused-ring (bicyclic) bond motifs is 1. The predicted octanol–water partition coefficient (Wildman–Crippen LogP) is 4.20. The molecule has 180 valence electrons. The molecule has 0 radical (unpaired) electrons.